The van der Waals surface area contributed by atoms with Crippen LogP contribution in [0.4, 0.5) is 0 Å². The van der Waals surface area contributed by atoms with Crippen molar-refractivity contribution >= 4 is 0 Å². The second-order valence-corrected chi connectivity index (χ2v) is 7.26. The fourth-order valence-corrected chi connectivity index (χ4v) is 3.98. The highest BCUT2D eigenvalue weighted by Crippen LogP contribution is 2.43. The SMILES string of the molecule is c1ccc(-c2noc(-c3ccccc3)c2C(c2ccccc2)c2ccccc2)cc1. The summed E-state index contributed by atoms with van der Waals surface area (Å²) >= 11 is 0. The lowest BCUT2D eigenvalue weighted by Gasteiger charge is -2.19. The van der Waals surface area contributed by atoms with Crippen molar-refractivity contribution in [3.63, 3.8) is 0 Å². The van der Waals surface area contributed by atoms with E-state index in [2.05, 4.69) is 90.1 Å². The number of nitrogens with zero attached hydrogens (tertiary/aromatic N) is 1. The molecule has 0 radical (unpaired) electrons. The Kier molecular flexibility index (Phi) is 4.97. The van der Waals surface area contributed by atoms with Gasteiger partial charge in [-0.15, -0.1) is 0 Å². The van der Waals surface area contributed by atoms with E-state index in [9.17, 15) is 0 Å². The first kappa shape index (κ1) is 18.1. The van der Waals surface area contributed by atoms with Crippen LogP contribution in [0.15, 0.2) is 126 Å². The zero-order valence-electron chi connectivity index (χ0n) is 16.5. The Morgan fingerprint density at radius 1 is 0.500 bits per heavy atom. The third-order valence-electron chi connectivity index (χ3n) is 5.37. The fraction of sp³-hybridized carbons (Fsp3) is 0.0357. The molecule has 0 bridgehead atoms. The highest BCUT2D eigenvalue weighted by molar-refractivity contribution is 5.75. The van der Waals surface area contributed by atoms with Gasteiger partial charge in [-0.05, 0) is 11.1 Å². The van der Waals surface area contributed by atoms with Gasteiger partial charge < -0.3 is 4.52 Å². The average Bonchev–Trinajstić information content (AvgIpc) is 3.26. The van der Waals surface area contributed by atoms with Crippen LogP contribution < -0.4 is 0 Å². The largest absolute Gasteiger partial charge is 0.355 e. The summed E-state index contributed by atoms with van der Waals surface area (Å²) in [6.45, 7) is 0. The van der Waals surface area contributed by atoms with Crippen molar-refractivity contribution in [2.24, 2.45) is 0 Å². The quantitative estimate of drug-likeness (QED) is 0.319. The minimum atomic E-state index is 0.00376. The monoisotopic (exact) mass is 387 g/mol. The standard InChI is InChI=1S/C28H21NO/c1-5-13-21(14-6-1)25(22-15-7-2-8-16-22)26-27(23-17-9-3-10-18-23)29-30-28(26)24-19-11-4-12-20-24/h1-20,25H. The van der Waals surface area contributed by atoms with Gasteiger partial charge >= 0.3 is 0 Å². The van der Waals surface area contributed by atoms with Crippen LogP contribution in [0.1, 0.15) is 22.6 Å². The maximum atomic E-state index is 6.01. The van der Waals surface area contributed by atoms with Crippen LogP contribution in [0.2, 0.25) is 0 Å². The summed E-state index contributed by atoms with van der Waals surface area (Å²) in [5.74, 6) is 0.816. The van der Waals surface area contributed by atoms with Gasteiger partial charge in [0.1, 0.15) is 5.69 Å². The lowest BCUT2D eigenvalue weighted by molar-refractivity contribution is 0.434. The summed E-state index contributed by atoms with van der Waals surface area (Å²) in [7, 11) is 0. The molecule has 4 aromatic carbocycles. The first-order chi connectivity index (χ1) is 14.9. The number of hydrogen-bond acceptors (Lipinski definition) is 2. The Hall–Kier alpha value is -3.91. The van der Waals surface area contributed by atoms with Crippen LogP contribution >= 0.6 is 0 Å². The molecule has 0 saturated heterocycles. The number of benzene rings is 4. The van der Waals surface area contributed by atoms with E-state index in [1.807, 2.05) is 36.4 Å². The van der Waals surface area contributed by atoms with Gasteiger partial charge in [0.25, 0.3) is 0 Å². The summed E-state index contributed by atoms with van der Waals surface area (Å²) in [6, 6.07) is 41.6. The lowest BCUT2D eigenvalue weighted by atomic mass is 9.82. The third-order valence-corrected chi connectivity index (χ3v) is 5.37. The van der Waals surface area contributed by atoms with Crippen molar-refractivity contribution in [3.8, 4) is 22.6 Å². The zero-order valence-corrected chi connectivity index (χ0v) is 16.5. The van der Waals surface area contributed by atoms with Crippen molar-refractivity contribution < 1.29 is 4.52 Å². The van der Waals surface area contributed by atoms with Crippen molar-refractivity contribution in [1.82, 2.24) is 5.16 Å². The zero-order chi connectivity index (χ0) is 20.2. The topological polar surface area (TPSA) is 26.0 Å². The molecule has 5 aromatic rings. The number of aromatic nitrogens is 1. The van der Waals surface area contributed by atoms with Gasteiger partial charge in [-0.25, -0.2) is 0 Å². The van der Waals surface area contributed by atoms with Crippen molar-refractivity contribution in [2.75, 3.05) is 0 Å². The molecule has 1 heterocycles. The minimum Gasteiger partial charge on any atom is -0.355 e. The highest BCUT2D eigenvalue weighted by Gasteiger charge is 2.28. The molecule has 0 saturated carbocycles. The van der Waals surface area contributed by atoms with Crippen LogP contribution in [0.3, 0.4) is 0 Å². The highest BCUT2D eigenvalue weighted by atomic mass is 16.5. The molecular formula is C28H21NO. The molecule has 2 heteroatoms. The van der Waals surface area contributed by atoms with Gasteiger partial charge in [-0.1, -0.05) is 126 Å². The molecule has 0 spiro atoms. The van der Waals surface area contributed by atoms with E-state index in [4.69, 9.17) is 4.52 Å². The van der Waals surface area contributed by atoms with E-state index in [1.165, 1.54) is 11.1 Å². The van der Waals surface area contributed by atoms with E-state index in [0.29, 0.717) is 0 Å². The first-order valence-electron chi connectivity index (χ1n) is 10.1. The molecule has 0 fully saturated rings. The second-order valence-electron chi connectivity index (χ2n) is 7.26. The Bertz CT molecular complexity index is 1120. The van der Waals surface area contributed by atoms with Crippen LogP contribution in [0.5, 0.6) is 0 Å². The molecule has 0 N–H and O–H groups in total. The summed E-state index contributed by atoms with van der Waals surface area (Å²) in [5.41, 5.74) is 6.47. The van der Waals surface area contributed by atoms with Gasteiger partial charge in [0, 0.05) is 22.6 Å². The molecule has 0 aliphatic carbocycles. The molecule has 1 aromatic heterocycles. The molecule has 0 aliphatic heterocycles. The molecule has 0 unspecified atom stereocenters. The van der Waals surface area contributed by atoms with Crippen LogP contribution in [0, 0.1) is 0 Å². The second kappa shape index (κ2) is 8.22. The van der Waals surface area contributed by atoms with Crippen LogP contribution in [-0.4, -0.2) is 5.16 Å². The third kappa shape index (κ3) is 3.44. The lowest BCUT2D eigenvalue weighted by Crippen LogP contribution is -2.05. The Labute approximate surface area is 176 Å². The summed E-state index contributed by atoms with van der Waals surface area (Å²) in [5, 5.41) is 4.56. The Morgan fingerprint density at radius 2 is 0.933 bits per heavy atom. The summed E-state index contributed by atoms with van der Waals surface area (Å²) in [4.78, 5) is 0. The van der Waals surface area contributed by atoms with Crippen LogP contribution in [-0.2, 0) is 0 Å². The van der Waals surface area contributed by atoms with Crippen molar-refractivity contribution in [1.29, 1.82) is 0 Å². The number of rotatable bonds is 5. The van der Waals surface area contributed by atoms with Crippen LogP contribution in [0.25, 0.3) is 22.6 Å². The summed E-state index contributed by atoms with van der Waals surface area (Å²) in [6.07, 6.45) is 0. The normalized spacial score (nSPS) is 11.0. The molecule has 30 heavy (non-hydrogen) atoms. The van der Waals surface area contributed by atoms with E-state index < -0.39 is 0 Å². The molecule has 2 nitrogen and oxygen atoms in total. The fourth-order valence-electron chi connectivity index (χ4n) is 3.98. The maximum absolute atomic E-state index is 6.01. The molecule has 0 atom stereocenters. The first-order valence-corrected chi connectivity index (χ1v) is 10.1. The molecular weight excluding hydrogens is 366 g/mol. The van der Waals surface area contributed by atoms with Gasteiger partial charge in [-0.3, -0.25) is 0 Å². The average molecular weight is 387 g/mol. The molecule has 144 valence electrons. The molecule has 5 rings (SSSR count). The van der Waals surface area contributed by atoms with Crippen molar-refractivity contribution in [2.45, 2.75) is 5.92 Å². The summed E-state index contributed by atoms with van der Waals surface area (Å²) < 4.78 is 6.01. The van der Waals surface area contributed by atoms with Gasteiger partial charge in [0.2, 0.25) is 0 Å². The van der Waals surface area contributed by atoms with E-state index >= 15 is 0 Å². The van der Waals surface area contributed by atoms with Gasteiger partial charge in [0.05, 0.1) is 0 Å². The van der Waals surface area contributed by atoms with Gasteiger partial charge in [-0.2, -0.15) is 0 Å². The Balaban J connectivity index is 1.81. The predicted octanol–water partition coefficient (Wildman–Crippen LogP) is 7.19. The number of hydrogen-bond donors (Lipinski definition) is 0. The molecule has 0 aliphatic rings. The van der Waals surface area contributed by atoms with Gasteiger partial charge in [0.15, 0.2) is 5.76 Å². The van der Waals surface area contributed by atoms with E-state index in [0.717, 1.165) is 28.1 Å². The minimum absolute atomic E-state index is 0.00376. The predicted molar refractivity (Wildman–Crippen MR) is 121 cm³/mol. The van der Waals surface area contributed by atoms with E-state index in [-0.39, 0.29) is 5.92 Å². The molecule has 0 amide bonds. The van der Waals surface area contributed by atoms with Crippen molar-refractivity contribution in [3.05, 3.63) is 138 Å². The Morgan fingerprint density at radius 3 is 1.43 bits per heavy atom. The smallest absolute Gasteiger partial charge is 0.171 e. The maximum Gasteiger partial charge on any atom is 0.171 e. The van der Waals surface area contributed by atoms with E-state index in [1.54, 1.807) is 0 Å².